The van der Waals surface area contributed by atoms with Crippen molar-refractivity contribution in [3.63, 3.8) is 0 Å². The molecular weight excluding hydrogens is 328 g/mol. The van der Waals surface area contributed by atoms with Crippen LogP contribution in [0.4, 0.5) is 0 Å². The molecule has 2 atom stereocenters. The lowest BCUT2D eigenvalue weighted by Gasteiger charge is -2.19. The molecule has 0 radical (unpaired) electrons. The molecule has 0 heterocycles. The summed E-state index contributed by atoms with van der Waals surface area (Å²) in [6, 6.07) is 18.5. The van der Waals surface area contributed by atoms with Gasteiger partial charge >= 0.3 is 11.9 Å². The average Bonchev–Trinajstić information content (AvgIpc) is 2.65. The first-order valence-corrected chi connectivity index (χ1v) is 8.37. The smallest absolute Gasteiger partial charge is 0.352 e. The number of hydrogen-bond acceptors (Lipinski definition) is 4. The highest BCUT2D eigenvalue weighted by Gasteiger charge is 2.27. The van der Waals surface area contributed by atoms with Gasteiger partial charge in [-0.3, -0.25) is 4.79 Å². The first kappa shape index (κ1) is 19.2. The van der Waals surface area contributed by atoms with Crippen molar-refractivity contribution in [2.24, 2.45) is 0 Å². The van der Waals surface area contributed by atoms with E-state index in [1.807, 2.05) is 42.5 Å². The molecular formula is C22H22O4. The molecule has 0 fully saturated rings. The highest BCUT2D eigenvalue weighted by molar-refractivity contribution is 5.80. The van der Waals surface area contributed by atoms with Gasteiger partial charge in [0, 0.05) is 18.9 Å². The molecule has 0 bridgehead atoms. The van der Waals surface area contributed by atoms with Crippen molar-refractivity contribution in [3.05, 3.63) is 90.5 Å². The second-order valence-corrected chi connectivity index (χ2v) is 5.67. The highest BCUT2D eigenvalue weighted by Crippen LogP contribution is 2.21. The van der Waals surface area contributed by atoms with Gasteiger partial charge in [-0.1, -0.05) is 72.8 Å². The van der Waals surface area contributed by atoms with Crippen LogP contribution in [-0.4, -0.2) is 18.0 Å². The molecule has 0 aliphatic rings. The van der Waals surface area contributed by atoms with Gasteiger partial charge in [-0.15, -0.1) is 6.58 Å². The van der Waals surface area contributed by atoms with E-state index in [1.54, 1.807) is 36.4 Å². The molecule has 2 aromatic rings. The standard InChI is InChI=1S/C22H22O4/c1-3-10-20(16-15-18-11-6-4-7-12-18)26-22(24)21(25-17(2)23)19-13-8-5-9-14-19/h3-9,11-16,20-21H,1,10H2,2H3/b16-15+/t20-,21+/m1/s1. The summed E-state index contributed by atoms with van der Waals surface area (Å²) in [5.41, 5.74) is 1.56. The van der Waals surface area contributed by atoms with Crippen LogP contribution in [-0.2, 0) is 19.1 Å². The number of rotatable bonds is 8. The first-order chi connectivity index (χ1) is 12.6. The van der Waals surface area contributed by atoms with Gasteiger partial charge in [-0.2, -0.15) is 0 Å². The predicted molar refractivity (Wildman–Crippen MR) is 101 cm³/mol. The molecule has 0 spiro atoms. The molecule has 4 nitrogen and oxygen atoms in total. The van der Waals surface area contributed by atoms with Gasteiger partial charge in [-0.25, -0.2) is 4.79 Å². The summed E-state index contributed by atoms with van der Waals surface area (Å²) in [4.78, 5) is 24.0. The lowest BCUT2D eigenvalue weighted by atomic mass is 10.1. The maximum Gasteiger partial charge on any atom is 0.352 e. The van der Waals surface area contributed by atoms with Crippen LogP contribution in [0.2, 0.25) is 0 Å². The number of esters is 2. The maximum absolute atomic E-state index is 12.6. The monoisotopic (exact) mass is 350 g/mol. The Kier molecular flexibility index (Phi) is 7.37. The van der Waals surface area contributed by atoms with Crippen molar-refractivity contribution >= 4 is 18.0 Å². The largest absolute Gasteiger partial charge is 0.455 e. The highest BCUT2D eigenvalue weighted by atomic mass is 16.6. The van der Waals surface area contributed by atoms with Gasteiger partial charge in [0.1, 0.15) is 6.10 Å². The first-order valence-electron chi connectivity index (χ1n) is 8.37. The zero-order valence-corrected chi connectivity index (χ0v) is 14.7. The lowest BCUT2D eigenvalue weighted by Crippen LogP contribution is -2.25. The summed E-state index contributed by atoms with van der Waals surface area (Å²) < 4.78 is 10.7. The van der Waals surface area contributed by atoms with Crippen LogP contribution < -0.4 is 0 Å². The second-order valence-electron chi connectivity index (χ2n) is 5.67. The van der Waals surface area contributed by atoms with E-state index in [4.69, 9.17) is 9.47 Å². The number of carbonyl (C=O) groups is 2. The van der Waals surface area contributed by atoms with Crippen molar-refractivity contribution < 1.29 is 19.1 Å². The maximum atomic E-state index is 12.6. The zero-order chi connectivity index (χ0) is 18.8. The number of ether oxygens (including phenoxy) is 2. The topological polar surface area (TPSA) is 52.6 Å². The fraction of sp³-hybridized carbons (Fsp3) is 0.182. The molecule has 0 saturated carbocycles. The summed E-state index contributed by atoms with van der Waals surface area (Å²) >= 11 is 0. The van der Waals surface area contributed by atoms with Crippen molar-refractivity contribution in [2.75, 3.05) is 0 Å². The van der Waals surface area contributed by atoms with Crippen LogP contribution in [0.3, 0.4) is 0 Å². The molecule has 0 unspecified atom stereocenters. The summed E-state index contributed by atoms with van der Waals surface area (Å²) in [6.07, 6.45) is 4.22. The third kappa shape index (κ3) is 6.06. The van der Waals surface area contributed by atoms with Gasteiger partial charge in [-0.05, 0) is 11.6 Å². The van der Waals surface area contributed by atoms with E-state index in [0.29, 0.717) is 12.0 Å². The predicted octanol–water partition coefficient (Wildman–Crippen LogP) is 4.49. The Morgan fingerprint density at radius 3 is 2.19 bits per heavy atom. The fourth-order valence-corrected chi connectivity index (χ4v) is 2.37. The van der Waals surface area contributed by atoms with Crippen LogP contribution in [0.1, 0.15) is 30.6 Å². The summed E-state index contributed by atoms with van der Waals surface area (Å²) in [5.74, 6) is -1.16. The normalized spacial score (nSPS) is 13.0. The van der Waals surface area contributed by atoms with E-state index < -0.39 is 24.1 Å². The average molecular weight is 350 g/mol. The van der Waals surface area contributed by atoms with E-state index in [2.05, 4.69) is 6.58 Å². The molecule has 2 aromatic carbocycles. The molecule has 0 N–H and O–H groups in total. The molecule has 134 valence electrons. The molecule has 2 rings (SSSR count). The van der Waals surface area contributed by atoms with Crippen LogP contribution in [0, 0.1) is 0 Å². The Morgan fingerprint density at radius 2 is 1.62 bits per heavy atom. The van der Waals surface area contributed by atoms with E-state index in [0.717, 1.165) is 5.56 Å². The van der Waals surface area contributed by atoms with Crippen LogP contribution in [0.15, 0.2) is 79.4 Å². The fourth-order valence-electron chi connectivity index (χ4n) is 2.37. The second kappa shape index (κ2) is 9.99. The number of hydrogen-bond donors (Lipinski definition) is 0. The minimum atomic E-state index is -1.09. The van der Waals surface area contributed by atoms with Gasteiger partial charge < -0.3 is 9.47 Å². The third-order valence-electron chi connectivity index (χ3n) is 3.57. The Labute approximate surface area is 153 Å². The third-order valence-corrected chi connectivity index (χ3v) is 3.57. The number of benzene rings is 2. The quantitative estimate of drug-likeness (QED) is 0.520. The van der Waals surface area contributed by atoms with E-state index in [9.17, 15) is 9.59 Å². The van der Waals surface area contributed by atoms with Crippen molar-refractivity contribution in [1.82, 2.24) is 0 Å². The molecule has 0 aromatic heterocycles. The van der Waals surface area contributed by atoms with Crippen molar-refractivity contribution in [2.45, 2.75) is 25.6 Å². The Morgan fingerprint density at radius 1 is 1.00 bits per heavy atom. The number of carbonyl (C=O) groups excluding carboxylic acids is 2. The summed E-state index contributed by atoms with van der Waals surface area (Å²) in [6.45, 7) is 4.97. The van der Waals surface area contributed by atoms with E-state index in [1.165, 1.54) is 6.92 Å². The summed E-state index contributed by atoms with van der Waals surface area (Å²) in [7, 11) is 0. The minimum Gasteiger partial charge on any atom is -0.455 e. The van der Waals surface area contributed by atoms with Crippen molar-refractivity contribution in [1.29, 1.82) is 0 Å². The van der Waals surface area contributed by atoms with Gasteiger partial charge in [0.2, 0.25) is 6.10 Å². The van der Waals surface area contributed by atoms with E-state index >= 15 is 0 Å². The summed E-state index contributed by atoms with van der Waals surface area (Å²) in [5, 5.41) is 0. The minimum absolute atomic E-state index is 0.455. The molecule has 0 saturated heterocycles. The molecule has 26 heavy (non-hydrogen) atoms. The van der Waals surface area contributed by atoms with Crippen LogP contribution in [0.25, 0.3) is 6.08 Å². The van der Waals surface area contributed by atoms with Crippen LogP contribution >= 0.6 is 0 Å². The van der Waals surface area contributed by atoms with Gasteiger partial charge in [0.25, 0.3) is 0 Å². The van der Waals surface area contributed by atoms with Gasteiger partial charge in [0.15, 0.2) is 0 Å². The zero-order valence-electron chi connectivity index (χ0n) is 14.7. The van der Waals surface area contributed by atoms with Crippen LogP contribution in [0.5, 0.6) is 0 Å². The SMILES string of the molecule is C=CC[C@H](/C=C/c1ccccc1)OC(=O)[C@@H](OC(C)=O)c1ccccc1. The molecule has 0 aliphatic heterocycles. The van der Waals surface area contributed by atoms with E-state index in [-0.39, 0.29) is 0 Å². The Hall–Kier alpha value is -3.14. The molecule has 0 aliphatic carbocycles. The van der Waals surface area contributed by atoms with Gasteiger partial charge in [0.05, 0.1) is 0 Å². The lowest BCUT2D eigenvalue weighted by molar-refractivity contribution is -0.169. The van der Waals surface area contributed by atoms with Crippen molar-refractivity contribution in [3.8, 4) is 0 Å². The Bertz CT molecular complexity index is 750. The molecule has 4 heteroatoms. The molecule has 0 amide bonds. The Balaban J connectivity index is 2.14.